The van der Waals surface area contributed by atoms with Crippen molar-refractivity contribution in [2.75, 3.05) is 13.7 Å². The molecule has 0 amide bonds. The maximum atomic E-state index is 6.55. The van der Waals surface area contributed by atoms with Crippen LogP contribution in [0.1, 0.15) is 23.4 Å². The quantitative estimate of drug-likeness (QED) is 0.636. The van der Waals surface area contributed by atoms with Gasteiger partial charge in [-0.05, 0) is 48.7 Å². The zero-order valence-electron chi connectivity index (χ0n) is 12.1. The lowest BCUT2D eigenvalue weighted by Crippen LogP contribution is -1.98. The molecule has 1 unspecified atom stereocenters. The number of halogens is 2. The van der Waals surface area contributed by atoms with E-state index >= 15 is 0 Å². The summed E-state index contributed by atoms with van der Waals surface area (Å²) in [4.78, 5) is 0. The topological polar surface area (TPSA) is 18.5 Å². The van der Waals surface area contributed by atoms with E-state index in [2.05, 4.69) is 15.9 Å². The number of methoxy groups -OCH3 is 1. The van der Waals surface area contributed by atoms with E-state index in [0.29, 0.717) is 6.61 Å². The first-order valence-corrected chi connectivity index (χ1v) is 8.06. The highest BCUT2D eigenvalue weighted by atomic mass is 79.9. The number of hydrogen-bond acceptors (Lipinski definition) is 2. The van der Waals surface area contributed by atoms with E-state index in [9.17, 15) is 0 Å². The fourth-order valence-corrected chi connectivity index (χ4v) is 3.23. The van der Waals surface area contributed by atoms with E-state index in [1.54, 1.807) is 7.11 Å². The van der Waals surface area contributed by atoms with Gasteiger partial charge in [-0.2, -0.15) is 0 Å². The van der Waals surface area contributed by atoms with Gasteiger partial charge in [0.05, 0.1) is 19.1 Å². The maximum Gasteiger partial charge on any atom is 0.120 e. The largest absolute Gasteiger partial charge is 0.497 e. The van der Waals surface area contributed by atoms with Gasteiger partial charge < -0.3 is 9.47 Å². The third kappa shape index (κ3) is 4.39. The lowest BCUT2D eigenvalue weighted by molar-refractivity contribution is 0.340. The second-order valence-corrected chi connectivity index (χ2v) is 6.02. The van der Waals surface area contributed by atoms with Gasteiger partial charge in [0.15, 0.2) is 0 Å². The molecule has 0 saturated heterocycles. The van der Waals surface area contributed by atoms with Gasteiger partial charge in [-0.25, -0.2) is 0 Å². The molecule has 0 fully saturated rings. The van der Waals surface area contributed by atoms with Crippen LogP contribution < -0.4 is 9.47 Å². The van der Waals surface area contributed by atoms with Crippen LogP contribution in [0, 0.1) is 0 Å². The second-order valence-electron chi connectivity index (χ2n) is 4.64. The molecule has 0 saturated carbocycles. The Labute approximate surface area is 139 Å². The maximum absolute atomic E-state index is 6.55. The molecule has 0 spiro atoms. The van der Waals surface area contributed by atoms with Crippen LogP contribution in [0.4, 0.5) is 0 Å². The highest BCUT2D eigenvalue weighted by Gasteiger charge is 2.13. The zero-order chi connectivity index (χ0) is 15.2. The molecular formula is C17H18BrClO2. The summed E-state index contributed by atoms with van der Waals surface area (Å²) in [5.74, 6) is 1.70. The average Bonchev–Trinajstić information content (AvgIpc) is 2.48. The van der Waals surface area contributed by atoms with E-state index in [1.165, 1.54) is 5.56 Å². The van der Waals surface area contributed by atoms with Crippen LogP contribution in [0.25, 0.3) is 0 Å². The van der Waals surface area contributed by atoms with Gasteiger partial charge in [0.25, 0.3) is 0 Å². The van der Waals surface area contributed by atoms with Gasteiger partial charge in [0.1, 0.15) is 11.5 Å². The summed E-state index contributed by atoms with van der Waals surface area (Å²) < 4.78 is 11.6. The Morgan fingerprint density at radius 2 is 1.76 bits per heavy atom. The minimum Gasteiger partial charge on any atom is -0.497 e. The summed E-state index contributed by atoms with van der Waals surface area (Å²) in [5.41, 5.74) is 2.24. The average molecular weight is 370 g/mol. The van der Waals surface area contributed by atoms with Crippen LogP contribution in [0.5, 0.6) is 11.5 Å². The molecule has 0 aromatic heterocycles. The Balaban J connectivity index is 2.10. The summed E-state index contributed by atoms with van der Waals surface area (Å²) in [5, 5.41) is -0.0940. The van der Waals surface area contributed by atoms with Crippen molar-refractivity contribution < 1.29 is 9.47 Å². The molecule has 112 valence electrons. The predicted octanol–water partition coefficient (Wildman–Crippen LogP) is 5.38. The van der Waals surface area contributed by atoms with E-state index < -0.39 is 0 Å². The molecule has 0 aliphatic carbocycles. The normalized spacial score (nSPS) is 12.0. The Morgan fingerprint density at radius 3 is 2.33 bits per heavy atom. The van der Waals surface area contributed by atoms with E-state index in [1.807, 2.05) is 49.4 Å². The van der Waals surface area contributed by atoms with Crippen LogP contribution in [-0.2, 0) is 6.42 Å². The van der Waals surface area contributed by atoms with Crippen LogP contribution in [0.15, 0.2) is 46.9 Å². The fourth-order valence-electron chi connectivity index (χ4n) is 2.10. The highest BCUT2D eigenvalue weighted by Crippen LogP contribution is 2.33. The third-order valence-electron chi connectivity index (χ3n) is 3.19. The molecule has 0 radical (unpaired) electrons. The first-order valence-electron chi connectivity index (χ1n) is 6.83. The molecule has 2 nitrogen and oxygen atoms in total. The summed E-state index contributed by atoms with van der Waals surface area (Å²) in [7, 11) is 1.66. The Kier molecular flexibility index (Phi) is 5.95. The van der Waals surface area contributed by atoms with Gasteiger partial charge in [-0.1, -0.05) is 34.1 Å². The molecule has 0 aliphatic rings. The van der Waals surface area contributed by atoms with Crippen LogP contribution in [0.2, 0.25) is 0 Å². The molecule has 0 N–H and O–H groups in total. The molecule has 4 heteroatoms. The summed E-state index contributed by atoms with van der Waals surface area (Å²) in [6, 6.07) is 13.9. The molecule has 0 bridgehead atoms. The highest BCUT2D eigenvalue weighted by molar-refractivity contribution is 9.10. The number of hydrogen-bond donors (Lipinski definition) is 0. The van der Waals surface area contributed by atoms with E-state index in [4.69, 9.17) is 21.1 Å². The molecular weight excluding hydrogens is 352 g/mol. The van der Waals surface area contributed by atoms with Crippen molar-refractivity contribution in [2.24, 2.45) is 0 Å². The first kappa shape index (κ1) is 16.2. The predicted molar refractivity (Wildman–Crippen MR) is 90.6 cm³/mol. The Hall–Kier alpha value is -1.19. The van der Waals surface area contributed by atoms with Crippen molar-refractivity contribution in [3.63, 3.8) is 0 Å². The standard InChI is InChI=1S/C17H18BrClO2/c1-3-21-14-8-9-15(16(18)11-14)17(19)10-12-4-6-13(20-2)7-5-12/h4-9,11,17H,3,10H2,1-2H3. The lowest BCUT2D eigenvalue weighted by Gasteiger charge is -2.14. The Morgan fingerprint density at radius 1 is 1.10 bits per heavy atom. The molecule has 2 rings (SSSR count). The van der Waals surface area contributed by atoms with Crippen LogP contribution in [0.3, 0.4) is 0 Å². The monoisotopic (exact) mass is 368 g/mol. The number of rotatable bonds is 6. The van der Waals surface area contributed by atoms with Gasteiger partial charge in [0.2, 0.25) is 0 Å². The van der Waals surface area contributed by atoms with Crippen molar-refractivity contribution in [3.05, 3.63) is 58.1 Å². The van der Waals surface area contributed by atoms with Gasteiger partial charge in [-0.3, -0.25) is 0 Å². The SMILES string of the molecule is CCOc1ccc(C(Cl)Cc2ccc(OC)cc2)c(Br)c1. The van der Waals surface area contributed by atoms with Gasteiger partial charge in [0, 0.05) is 4.47 Å². The van der Waals surface area contributed by atoms with Crippen molar-refractivity contribution in [1.82, 2.24) is 0 Å². The fraction of sp³-hybridized carbons (Fsp3) is 0.294. The van der Waals surface area contributed by atoms with Crippen LogP contribution >= 0.6 is 27.5 Å². The van der Waals surface area contributed by atoms with Crippen molar-refractivity contribution >= 4 is 27.5 Å². The molecule has 0 heterocycles. The molecule has 1 atom stereocenters. The molecule has 2 aromatic carbocycles. The summed E-state index contributed by atoms with van der Waals surface area (Å²) in [6.45, 7) is 2.62. The Bertz CT molecular complexity index is 584. The van der Waals surface area contributed by atoms with Crippen molar-refractivity contribution in [2.45, 2.75) is 18.7 Å². The number of benzene rings is 2. The molecule has 21 heavy (non-hydrogen) atoms. The summed E-state index contributed by atoms with van der Waals surface area (Å²) >= 11 is 10.1. The number of ether oxygens (including phenoxy) is 2. The smallest absolute Gasteiger partial charge is 0.120 e. The van der Waals surface area contributed by atoms with Crippen molar-refractivity contribution in [1.29, 1.82) is 0 Å². The lowest BCUT2D eigenvalue weighted by atomic mass is 10.0. The molecule has 0 aliphatic heterocycles. The summed E-state index contributed by atoms with van der Waals surface area (Å²) in [6.07, 6.45) is 0.762. The van der Waals surface area contributed by atoms with Gasteiger partial charge in [-0.15, -0.1) is 11.6 Å². The van der Waals surface area contributed by atoms with E-state index in [0.717, 1.165) is 28.0 Å². The minimum atomic E-state index is -0.0940. The van der Waals surface area contributed by atoms with E-state index in [-0.39, 0.29) is 5.38 Å². The van der Waals surface area contributed by atoms with Crippen molar-refractivity contribution in [3.8, 4) is 11.5 Å². The zero-order valence-corrected chi connectivity index (χ0v) is 14.4. The van der Waals surface area contributed by atoms with Gasteiger partial charge >= 0.3 is 0 Å². The number of alkyl halides is 1. The third-order valence-corrected chi connectivity index (χ3v) is 4.27. The second kappa shape index (κ2) is 7.71. The molecule has 2 aromatic rings. The van der Waals surface area contributed by atoms with Crippen LogP contribution in [-0.4, -0.2) is 13.7 Å². The first-order chi connectivity index (χ1) is 10.1. The minimum absolute atomic E-state index is 0.0940.